The van der Waals surface area contributed by atoms with Gasteiger partial charge < -0.3 is 10.6 Å². The Hall–Kier alpha value is -1.91. The van der Waals surface area contributed by atoms with Crippen molar-refractivity contribution in [2.75, 3.05) is 18.8 Å². The third-order valence-corrected chi connectivity index (χ3v) is 3.59. The maximum absolute atomic E-state index is 13.0. The van der Waals surface area contributed by atoms with Crippen LogP contribution in [0, 0.1) is 5.82 Å². The van der Waals surface area contributed by atoms with Crippen molar-refractivity contribution in [3.63, 3.8) is 0 Å². The van der Waals surface area contributed by atoms with Gasteiger partial charge in [0, 0.05) is 31.5 Å². The molecule has 108 valence electrons. The van der Waals surface area contributed by atoms with E-state index in [9.17, 15) is 14.0 Å². The van der Waals surface area contributed by atoms with Crippen molar-refractivity contribution in [2.24, 2.45) is 0 Å². The van der Waals surface area contributed by atoms with Crippen LogP contribution in [-0.4, -0.2) is 29.7 Å². The monoisotopic (exact) mass is 278 g/mol. The number of nitrogens with zero attached hydrogens (tertiary/aromatic N) is 1. The maximum atomic E-state index is 13.0. The van der Waals surface area contributed by atoms with E-state index < -0.39 is 5.82 Å². The average molecular weight is 278 g/mol. The van der Waals surface area contributed by atoms with Crippen molar-refractivity contribution in [3.05, 3.63) is 29.6 Å². The van der Waals surface area contributed by atoms with Crippen molar-refractivity contribution in [1.29, 1.82) is 0 Å². The molecule has 0 aliphatic carbocycles. The van der Waals surface area contributed by atoms with E-state index in [4.69, 9.17) is 5.73 Å². The first-order valence-electron chi connectivity index (χ1n) is 6.94. The Bertz CT molecular complexity index is 511. The molecular formula is C15H19FN2O2. The van der Waals surface area contributed by atoms with E-state index in [0.717, 1.165) is 32.4 Å². The Balaban J connectivity index is 1.88. The summed E-state index contributed by atoms with van der Waals surface area (Å²) in [6, 6.07) is 3.90. The molecule has 4 nitrogen and oxygen atoms in total. The van der Waals surface area contributed by atoms with Gasteiger partial charge >= 0.3 is 0 Å². The summed E-state index contributed by atoms with van der Waals surface area (Å²) in [6.45, 7) is 1.58. The Labute approximate surface area is 117 Å². The minimum Gasteiger partial charge on any atom is -0.396 e. The molecule has 1 fully saturated rings. The number of benzene rings is 1. The highest BCUT2D eigenvalue weighted by Crippen LogP contribution is 2.16. The molecule has 5 heteroatoms. The number of halogens is 1. The van der Waals surface area contributed by atoms with Gasteiger partial charge in [0.05, 0.1) is 5.69 Å². The van der Waals surface area contributed by atoms with E-state index in [-0.39, 0.29) is 30.2 Å². The predicted molar refractivity (Wildman–Crippen MR) is 74.8 cm³/mol. The lowest BCUT2D eigenvalue weighted by Crippen LogP contribution is -2.35. The minimum atomic E-state index is -0.536. The SMILES string of the molecule is Nc1cc(C(=O)CCC(=O)N2CCCCC2)ccc1F. The Morgan fingerprint density at radius 1 is 1.15 bits per heavy atom. The molecule has 20 heavy (non-hydrogen) atoms. The van der Waals surface area contributed by atoms with Gasteiger partial charge in [0.25, 0.3) is 0 Å². The van der Waals surface area contributed by atoms with E-state index in [1.165, 1.54) is 18.2 Å². The summed E-state index contributed by atoms with van der Waals surface area (Å²) >= 11 is 0. The van der Waals surface area contributed by atoms with E-state index >= 15 is 0 Å². The molecule has 1 heterocycles. The zero-order valence-corrected chi connectivity index (χ0v) is 11.4. The van der Waals surface area contributed by atoms with Gasteiger partial charge in [0.1, 0.15) is 5.82 Å². The van der Waals surface area contributed by atoms with Crippen molar-refractivity contribution in [3.8, 4) is 0 Å². The fourth-order valence-corrected chi connectivity index (χ4v) is 2.38. The summed E-state index contributed by atoms with van der Waals surface area (Å²) in [4.78, 5) is 25.7. The molecule has 1 aromatic carbocycles. The number of carbonyl (C=O) groups excluding carboxylic acids is 2. The summed E-state index contributed by atoms with van der Waals surface area (Å²) in [7, 11) is 0. The number of likely N-dealkylation sites (tertiary alicyclic amines) is 1. The molecule has 1 amide bonds. The Morgan fingerprint density at radius 2 is 1.85 bits per heavy atom. The van der Waals surface area contributed by atoms with Crippen molar-refractivity contribution in [2.45, 2.75) is 32.1 Å². The number of anilines is 1. The van der Waals surface area contributed by atoms with Crippen LogP contribution in [0.15, 0.2) is 18.2 Å². The van der Waals surface area contributed by atoms with Crippen LogP contribution in [0.2, 0.25) is 0 Å². The Kier molecular flexibility index (Phi) is 4.71. The van der Waals surface area contributed by atoms with E-state index in [1.807, 2.05) is 4.90 Å². The Morgan fingerprint density at radius 3 is 2.50 bits per heavy atom. The molecule has 1 aromatic rings. The molecule has 0 unspecified atom stereocenters. The number of hydrogen-bond acceptors (Lipinski definition) is 3. The summed E-state index contributed by atoms with van der Waals surface area (Å²) in [5.41, 5.74) is 5.74. The van der Waals surface area contributed by atoms with Gasteiger partial charge in [0.2, 0.25) is 5.91 Å². The quantitative estimate of drug-likeness (QED) is 0.679. The molecule has 1 aliphatic heterocycles. The lowest BCUT2D eigenvalue weighted by atomic mass is 10.0. The van der Waals surface area contributed by atoms with Crippen LogP contribution in [0.3, 0.4) is 0 Å². The van der Waals surface area contributed by atoms with E-state index in [1.54, 1.807) is 0 Å². The summed E-state index contributed by atoms with van der Waals surface area (Å²) in [6.07, 6.45) is 3.58. The molecular weight excluding hydrogens is 259 g/mol. The van der Waals surface area contributed by atoms with Gasteiger partial charge in [-0.1, -0.05) is 0 Å². The molecule has 2 rings (SSSR count). The van der Waals surface area contributed by atoms with Crippen LogP contribution in [0.4, 0.5) is 10.1 Å². The summed E-state index contributed by atoms with van der Waals surface area (Å²) in [5.74, 6) is -0.693. The first-order valence-corrected chi connectivity index (χ1v) is 6.94. The van der Waals surface area contributed by atoms with Gasteiger partial charge in [-0.15, -0.1) is 0 Å². The fourth-order valence-electron chi connectivity index (χ4n) is 2.38. The van der Waals surface area contributed by atoms with Crippen LogP contribution in [0.25, 0.3) is 0 Å². The van der Waals surface area contributed by atoms with Crippen LogP contribution >= 0.6 is 0 Å². The second-order valence-electron chi connectivity index (χ2n) is 5.10. The van der Waals surface area contributed by atoms with Gasteiger partial charge in [0.15, 0.2) is 5.78 Å². The number of nitrogen functional groups attached to an aromatic ring is 1. The third kappa shape index (κ3) is 3.56. The largest absolute Gasteiger partial charge is 0.396 e. The zero-order valence-electron chi connectivity index (χ0n) is 11.4. The molecule has 0 aromatic heterocycles. The van der Waals surface area contributed by atoms with Crippen molar-refractivity contribution in [1.82, 2.24) is 4.90 Å². The number of Topliss-reactive ketones (excluding diaryl/α,β-unsaturated/α-hetero) is 1. The van der Waals surface area contributed by atoms with Gasteiger partial charge in [-0.05, 0) is 37.5 Å². The molecule has 2 N–H and O–H groups in total. The first kappa shape index (κ1) is 14.5. The standard InChI is InChI=1S/C15H19FN2O2/c16-12-5-4-11(10-13(12)17)14(19)6-7-15(20)18-8-2-1-3-9-18/h4-5,10H,1-3,6-9,17H2. The number of amides is 1. The fraction of sp³-hybridized carbons (Fsp3) is 0.467. The minimum absolute atomic E-state index is 0.0214. The molecule has 0 saturated carbocycles. The molecule has 1 saturated heterocycles. The number of hydrogen-bond donors (Lipinski definition) is 1. The zero-order chi connectivity index (χ0) is 14.5. The maximum Gasteiger partial charge on any atom is 0.223 e. The second-order valence-corrected chi connectivity index (χ2v) is 5.10. The lowest BCUT2D eigenvalue weighted by molar-refractivity contribution is -0.132. The van der Waals surface area contributed by atoms with E-state index in [2.05, 4.69) is 0 Å². The van der Waals surface area contributed by atoms with E-state index in [0.29, 0.717) is 5.56 Å². The molecule has 0 bridgehead atoms. The van der Waals surface area contributed by atoms with Crippen LogP contribution in [-0.2, 0) is 4.79 Å². The molecule has 0 atom stereocenters. The van der Waals surface area contributed by atoms with Gasteiger partial charge in [-0.2, -0.15) is 0 Å². The first-order chi connectivity index (χ1) is 9.58. The number of carbonyl (C=O) groups is 2. The highest BCUT2D eigenvalue weighted by atomic mass is 19.1. The predicted octanol–water partition coefficient (Wildman–Crippen LogP) is 2.38. The highest BCUT2D eigenvalue weighted by molar-refractivity contribution is 5.98. The molecule has 0 radical (unpaired) electrons. The van der Waals surface area contributed by atoms with Crippen LogP contribution in [0.5, 0.6) is 0 Å². The highest BCUT2D eigenvalue weighted by Gasteiger charge is 2.18. The molecule has 0 spiro atoms. The second kappa shape index (κ2) is 6.50. The third-order valence-electron chi connectivity index (χ3n) is 3.59. The summed E-state index contributed by atoms with van der Waals surface area (Å²) in [5, 5.41) is 0. The smallest absolute Gasteiger partial charge is 0.223 e. The van der Waals surface area contributed by atoms with Crippen molar-refractivity contribution < 1.29 is 14.0 Å². The number of piperidine rings is 1. The summed E-state index contributed by atoms with van der Waals surface area (Å²) < 4.78 is 13.0. The normalized spacial score (nSPS) is 15.2. The van der Waals surface area contributed by atoms with Crippen LogP contribution in [0.1, 0.15) is 42.5 Å². The van der Waals surface area contributed by atoms with Crippen LogP contribution < -0.4 is 5.73 Å². The topological polar surface area (TPSA) is 63.4 Å². The van der Waals surface area contributed by atoms with Gasteiger partial charge in [-0.25, -0.2) is 4.39 Å². The number of ketones is 1. The van der Waals surface area contributed by atoms with Gasteiger partial charge in [-0.3, -0.25) is 9.59 Å². The number of nitrogens with two attached hydrogens (primary N) is 1. The lowest BCUT2D eigenvalue weighted by Gasteiger charge is -2.26. The number of rotatable bonds is 4. The van der Waals surface area contributed by atoms with Crippen molar-refractivity contribution >= 4 is 17.4 Å². The average Bonchev–Trinajstić information content (AvgIpc) is 2.48. The molecule has 1 aliphatic rings.